The lowest BCUT2D eigenvalue weighted by atomic mass is 10.1. The largest absolute Gasteiger partial charge is 0.490 e. The SMILES string of the molecule is CCCCCCCCOc1cc(C(=O)Oc2ccc(NC(=O)c3cnc[nH]3)cc2)cc(OCCCCCCCC)c1OCCCCCCCC. The number of aromatic nitrogens is 2. The van der Waals surface area contributed by atoms with Gasteiger partial charge in [-0.3, -0.25) is 4.79 Å². The number of anilines is 1. The number of rotatable bonds is 28. The molecule has 276 valence electrons. The third-order valence-corrected chi connectivity index (χ3v) is 8.58. The van der Waals surface area contributed by atoms with Crippen LogP contribution in [0.25, 0.3) is 0 Å². The maximum Gasteiger partial charge on any atom is 0.343 e. The van der Waals surface area contributed by atoms with Gasteiger partial charge in [-0.25, -0.2) is 9.78 Å². The number of benzene rings is 2. The molecule has 0 saturated heterocycles. The zero-order valence-electron chi connectivity index (χ0n) is 30.9. The summed E-state index contributed by atoms with van der Waals surface area (Å²) in [6, 6.07) is 10.1. The molecule has 0 bridgehead atoms. The molecule has 1 heterocycles. The molecule has 1 amide bonds. The molecule has 3 rings (SSSR count). The number of hydrogen-bond acceptors (Lipinski definition) is 7. The molecule has 0 aliphatic rings. The summed E-state index contributed by atoms with van der Waals surface area (Å²) < 4.78 is 24.8. The van der Waals surface area contributed by atoms with Gasteiger partial charge in [-0.2, -0.15) is 0 Å². The van der Waals surface area contributed by atoms with Crippen LogP contribution in [-0.4, -0.2) is 41.7 Å². The molecule has 50 heavy (non-hydrogen) atoms. The molecule has 0 aliphatic heterocycles. The number of carbonyl (C=O) groups excluding carboxylic acids is 2. The maximum atomic E-state index is 13.5. The molecule has 9 heteroatoms. The first-order chi connectivity index (χ1) is 24.5. The molecule has 0 spiro atoms. The summed E-state index contributed by atoms with van der Waals surface area (Å²) in [7, 11) is 0. The fourth-order valence-corrected chi connectivity index (χ4v) is 5.59. The van der Waals surface area contributed by atoms with Crippen molar-refractivity contribution in [2.75, 3.05) is 25.1 Å². The van der Waals surface area contributed by atoms with Gasteiger partial charge in [0.15, 0.2) is 11.5 Å². The smallest absolute Gasteiger partial charge is 0.343 e. The van der Waals surface area contributed by atoms with E-state index in [-0.39, 0.29) is 5.91 Å². The predicted molar refractivity (Wildman–Crippen MR) is 201 cm³/mol. The number of carbonyl (C=O) groups is 2. The van der Waals surface area contributed by atoms with Crippen molar-refractivity contribution in [1.29, 1.82) is 0 Å². The maximum absolute atomic E-state index is 13.5. The van der Waals surface area contributed by atoms with E-state index in [4.69, 9.17) is 18.9 Å². The van der Waals surface area contributed by atoms with E-state index < -0.39 is 5.97 Å². The second-order valence-electron chi connectivity index (χ2n) is 13.0. The fraction of sp³-hybridized carbons (Fsp3) is 0.585. The molecular weight excluding hydrogens is 630 g/mol. The summed E-state index contributed by atoms with van der Waals surface area (Å²) in [5.74, 6) is 1.08. The van der Waals surface area contributed by atoms with Crippen LogP contribution in [0.2, 0.25) is 0 Å². The number of amides is 1. The standard InChI is InChI=1S/C41H61N3O6/c1-4-7-10-13-16-19-26-47-37-29-33(41(46)50-35-24-22-34(23-25-35)44-40(45)36-31-42-32-43-36)30-38(48-27-20-17-14-11-8-5-2)39(37)49-28-21-18-15-12-9-6-3/h22-25,29-32H,4-21,26-28H2,1-3H3,(H,42,43)(H,44,45). The first-order valence-corrected chi connectivity index (χ1v) is 19.2. The van der Waals surface area contributed by atoms with Gasteiger partial charge >= 0.3 is 5.97 Å². The fourth-order valence-electron chi connectivity index (χ4n) is 5.59. The van der Waals surface area contributed by atoms with Crippen molar-refractivity contribution >= 4 is 17.6 Å². The Morgan fingerprint density at radius 1 is 0.640 bits per heavy atom. The predicted octanol–water partition coefficient (Wildman–Crippen LogP) is 11.1. The Kier molecular flexibility index (Phi) is 20.2. The molecule has 0 fully saturated rings. The van der Waals surface area contributed by atoms with Crippen LogP contribution in [-0.2, 0) is 0 Å². The summed E-state index contributed by atoms with van der Waals surface area (Å²) in [5, 5.41) is 2.79. The van der Waals surface area contributed by atoms with Gasteiger partial charge in [0.1, 0.15) is 11.4 Å². The quantitative estimate of drug-likeness (QED) is 0.0443. The van der Waals surface area contributed by atoms with E-state index in [0.29, 0.717) is 59.8 Å². The number of esters is 1. The van der Waals surface area contributed by atoms with E-state index in [1.165, 1.54) is 89.6 Å². The first kappa shape index (κ1) is 40.4. The van der Waals surface area contributed by atoms with Crippen LogP contribution in [0, 0.1) is 0 Å². The molecule has 9 nitrogen and oxygen atoms in total. The molecule has 1 aromatic heterocycles. The third kappa shape index (κ3) is 15.7. The highest BCUT2D eigenvalue weighted by Crippen LogP contribution is 2.40. The number of hydrogen-bond donors (Lipinski definition) is 2. The van der Waals surface area contributed by atoms with Gasteiger partial charge in [0, 0.05) is 5.69 Å². The van der Waals surface area contributed by atoms with Crippen molar-refractivity contribution in [2.24, 2.45) is 0 Å². The highest BCUT2D eigenvalue weighted by Gasteiger charge is 2.21. The Morgan fingerprint density at radius 3 is 1.60 bits per heavy atom. The van der Waals surface area contributed by atoms with E-state index in [1.807, 2.05) is 0 Å². The van der Waals surface area contributed by atoms with Gasteiger partial charge in [-0.1, -0.05) is 117 Å². The van der Waals surface area contributed by atoms with Crippen molar-refractivity contribution in [3.05, 3.63) is 60.2 Å². The second-order valence-corrected chi connectivity index (χ2v) is 13.0. The Balaban J connectivity index is 1.75. The Bertz CT molecular complexity index is 1300. The van der Waals surface area contributed by atoms with Gasteiger partial charge in [-0.15, -0.1) is 0 Å². The van der Waals surface area contributed by atoms with Crippen molar-refractivity contribution in [2.45, 2.75) is 136 Å². The van der Waals surface area contributed by atoms with E-state index >= 15 is 0 Å². The number of ether oxygens (including phenoxy) is 4. The van der Waals surface area contributed by atoms with Gasteiger partial charge < -0.3 is 29.2 Å². The van der Waals surface area contributed by atoms with Gasteiger partial charge in [0.2, 0.25) is 5.75 Å². The minimum atomic E-state index is -0.532. The molecule has 0 radical (unpaired) electrons. The highest BCUT2D eigenvalue weighted by molar-refractivity contribution is 6.02. The highest BCUT2D eigenvalue weighted by atomic mass is 16.5. The zero-order valence-corrected chi connectivity index (χ0v) is 30.9. The zero-order chi connectivity index (χ0) is 35.7. The van der Waals surface area contributed by atoms with Crippen LogP contribution in [0.1, 0.15) is 157 Å². The normalized spacial score (nSPS) is 10.9. The first-order valence-electron chi connectivity index (χ1n) is 19.2. The topological polar surface area (TPSA) is 112 Å². The molecule has 0 saturated carbocycles. The summed E-state index contributed by atoms with van der Waals surface area (Å²) in [4.78, 5) is 32.5. The van der Waals surface area contributed by atoms with Gasteiger partial charge in [0.25, 0.3) is 5.91 Å². The molecule has 0 atom stereocenters. The monoisotopic (exact) mass is 691 g/mol. The van der Waals surface area contributed by atoms with Crippen molar-refractivity contribution < 1.29 is 28.5 Å². The molecule has 2 N–H and O–H groups in total. The third-order valence-electron chi connectivity index (χ3n) is 8.58. The molecule has 2 aromatic carbocycles. The number of nitrogens with one attached hydrogen (secondary N) is 2. The molecule has 0 unspecified atom stereocenters. The van der Waals surface area contributed by atoms with Crippen LogP contribution in [0.4, 0.5) is 5.69 Å². The lowest BCUT2D eigenvalue weighted by Crippen LogP contribution is -2.13. The Morgan fingerprint density at radius 2 is 1.12 bits per heavy atom. The Labute approximate surface area is 300 Å². The minimum absolute atomic E-state index is 0.312. The van der Waals surface area contributed by atoms with Gasteiger partial charge in [0.05, 0.1) is 37.9 Å². The lowest BCUT2D eigenvalue weighted by molar-refractivity contribution is 0.0733. The molecule has 0 aliphatic carbocycles. The minimum Gasteiger partial charge on any atom is -0.490 e. The number of unbranched alkanes of at least 4 members (excludes halogenated alkanes) is 15. The molecule has 3 aromatic rings. The van der Waals surface area contributed by atoms with Crippen LogP contribution in [0.15, 0.2) is 48.9 Å². The van der Waals surface area contributed by atoms with E-state index in [2.05, 4.69) is 36.1 Å². The van der Waals surface area contributed by atoms with Gasteiger partial charge in [-0.05, 0) is 55.7 Å². The lowest BCUT2D eigenvalue weighted by Gasteiger charge is -2.19. The van der Waals surface area contributed by atoms with Crippen molar-refractivity contribution in [3.8, 4) is 23.0 Å². The van der Waals surface area contributed by atoms with Crippen LogP contribution >= 0.6 is 0 Å². The van der Waals surface area contributed by atoms with Crippen LogP contribution in [0.5, 0.6) is 23.0 Å². The average Bonchev–Trinajstić information content (AvgIpc) is 3.67. The van der Waals surface area contributed by atoms with E-state index in [0.717, 1.165) is 38.5 Å². The van der Waals surface area contributed by atoms with Crippen molar-refractivity contribution in [1.82, 2.24) is 9.97 Å². The number of H-pyrrole nitrogens is 1. The summed E-state index contributed by atoms with van der Waals surface area (Å²) in [6.07, 6.45) is 23.7. The van der Waals surface area contributed by atoms with E-state index in [1.54, 1.807) is 36.4 Å². The summed E-state index contributed by atoms with van der Waals surface area (Å²) in [5.41, 5.74) is 1.24. The van der Waals surface area contributed by atoms with Crippen LogP contribution < -0.4 is 24.3 Å². The summed E-state index contributed by atoms with van der Waals surface area (Å²) in [6.45, 7) is 8.28. The number of aromatic amines is 1. The van der Waals surface area contributed by atoms with E-state index in [9.17, 15) is 9.59 Å². The second kappa shape index (κ2) is 25.0. The molecular formula is C41H61N3O6. The number of nitrogens with zero attached hydrogens (tertiary/aromatic N) is 1. The summed E-state index contributed by atoms with van der Waals surface area (Å²) >= 11 is 0. The van der Waals surface area contributed by atoms with Crippen LogP contribution in [0.3, 0.4) is 0 Å². The number of imidazole rings is 1. The van der Waals surface area contributed by atoms with Crippen molar-refractivity contribution in [3.63, 3.8) is 0 Å². The Hall–Kier alpha value is -4.01. The average molecular weight is 692 g/mol.